The first-order valence-corrected chi connectivity index (χ1v) is 16.0. The highest BCUT2D eigenvalue weighted by Crippen LogP contribution is 2.29. The van der Waals surface area contributed by atoms with E-state index < -0.39 is 41.5 Å². The highest BCUT2D eigenvalue weighted by atomic mass is 16.6. The van der Waals surface area contributed by atoms with E-state index in [9.17, 15) is 24.3 Å². The van der Waals surface area contributed by atoms with E-state index >= 15 is 0 Å². The number of alkyl carbamates (subject to hydrolysis) is 1. The Balaban J connectivity index is 1.61. The van der Waals surface area contributed by atoms with Gasteiger partial charge in [0.1, 0.15) is 19.3 Å². The van der Waals surface area contributed by atoms with Gasteiger partial charge in [-0.25, -0.2) is 9.59 Å². The van der Waals surface area contributed by atoms with E-state index in [1.807, 2.05) is 60.7 Å². The van der Waals surface area contributed by atoms with Gasteiger partial charge in [0.15, 0.2) is 0 Å². The van der Waals surface area contributed by atoms with Gasteiger partial charge in [0.2, 0.25) is 11.8 Å². The Labute approximate surface area is 276 Å². The Morgan fingerprint density at radius 3 is 2.04 bits per heavy atom. The Morgan fingerprint density at radius 1 is 0.830 bits per heavy atom. The zero-order chi connectivity index (χ0) is 33.9. The van der Waals surface area contributed by atoms with Crippen LogP contribution < -0.4 is 16.0 Å². The summed E-state index contributed by atoms with van der Waals surface area (Å²) >= 11 is 0. The van der Waals surface area contributed by atoms with E-state index in [2.05, 4.69) is 29.1 Å². The summed E-state index contributed by atoms with van der Waals surface area (Å²) in [6, 6.07) is 16.7. The fraction of sp³-hybridized carbons (Fsp3) is 0.444. The lowest BCUT2D eigenvalue weighted by Crippen LogP contribution is -2.51. The zero-order valence-electron chi connectivity index (χ0n) is 26.9. The monoisotopic (exact) mass is 649 g/mol. The van der Waals surface area contributed by atoms with Crippen molar-refractivity contribution < 1.29 is 38.5 Å². The van der Waals surface area contributed by atoms with E-state index in [0.717, 1.165) is 24.0 Å². The molecular formula is C36H47N3O8. The van der Waals surface area contributed by atoms with Gasteiger partial charge in [-0.2, -0.15) is 0 Å². The standard InChI is InChI=1S/C36H47N3O8/c1-3-13-29(21-32(41)39-36(26-40)19-11-12-20-36)33(42)37-30(24-45-22-27-15-7-5-8-16-27)25-46-34(43)31(14-4-2)38-35(44)47-23-28-17-9-6-10-18-28/h3-10,15-18,29-31,40H,1-2,11-14,19-26H2,(H,37,42)(H,38,44)(H,39,41)/t29-,30+,31-/m1/s1. The number of ether oxygens (including phenoxy) is 3. The van der Waals surface area contributed by atoms with Crippen molar-refractivity contribution in [2.45, 2.75) is 75.8 Å². The zero-order valence-corrected chi connectivity index (χ0v) is 26.9. The number of hydrogen-bond donors (Lipinski definition) is 4. The molecule has 1 aliphatic carbocycles. The number of aliphatic hydroxyl groups excluding tert-OH is 1. The Bertz CT molecular complexity index is 1300. The first-order valence-electron chi connectivity index (χ1n) is 16.0. The SMILES string of the molecule is C=CC[C@H](CC(=O)NC1(CO)CCCC1)C(=O)N[C@@H](COCc1ccccc1)COC(=O)[C@@H](CC=C)NC(=O)OCc1ccccc1. The minimum atomic E-state index is -1.07. The first kappa shape index (κ1) is 37.0. The molecule has 2 aromatic rings. The van der Waals surface area contributed by atoms with Crippen LogP contribution in [0.3, 0.4) is 0 Å². The number of hydrogen-bond acceptors (Lipinski definition) is 8. The van der Waals surface area contributed by atoms with Gasteiger partial charge in [-0.1, -0.05) is 85.7 Å². The summed E-state index contributed by atoms with van der Waals surface area (Å²) in [5.41, 5.74) is 1.06. The number of benzene rings is 2. The molecule has 1 saturated carbocycles. The molecule has 3 atom stereocenters. The van der Waals surface area contributed by atoms with Crippen molar-refractivity contribution in [2.75, 3.05) is 19.8 Å². The van der Waals surface area contributed by atoms with Crippen molar-refractivity contribution in [3.8, 4) is 0 Å². The van der Waals surface area contributed by atoms with Crippen LogP contribution in [0.1, 0.15) is 56.1 Å². The Kier molecular flexibility index (Phi) is 15.7. The Hall–Kier alpha value is -4.48. The maximum absolute atomic E-state index is 13.4. The molecule has 0 saturated heterocycles. The highest BCUT2D eigenvalue weighted by Gasteiger charge is 2.35. The number of carbonyl (C=O) groups is 4. The van der Waals surface area contributed by atoms with Crippen LogP contribution in [0.15, 0.2) is 86.0 Å². The maximum Gasteiger partial charge on any atom is 0.408 e. The number of aliphatic hydroxyl groups is 1. The van der Waals surface area contributed by atoms with Crippen molar-refractivity contribution in [1.29, 1.82) is 0 Å². The topological polar surface area (TPSA) is 152 Å². The van der Waals surface area contributed by atoms with Crippen LogP contribution in [-0.2, 0) is 41.8 Å². The summed E-state index contributed by atoms with van der Waals surface area (Å²) in [6.45, 7) is 7.28. The molecule has 0 radical (unpaired) electrons. The molecule has 0 aliphatic heterocycles. The van der Waals surface area contributed by atoms with Gasteiger partial charge >= 0.3 is 12.1 Å². The lowest BCUT2D eigenvalue weighted by Gasteiger charge is -2.29. The molecule has 47 heavy (non-hydrogen) atoms. The summed E-state index contributed by atoms with van der Waals surface area (Å²) < 4.78 is 16.6. The van der Waals surface area contributed by atoms with Crippen molar-refractivity contribution in [2.24, 2.45) is 5.92 Å². The molecule has 254 valence electrons. The molecule has 0 heterocycles. The largest absolute Gasteiger partial charge is 0.462 e. The van der Waals surface area contributed by atoms with Gasteiger partial charge < -0.3 is 35.3 Å². The third kappa shape index (κ3) is 13.0. The molecule has 3 amide bonds. The van der Waals surface area contributed by atoms with Crippen LogP contribution in [0, 0.1) is 5.92 Å². The van der Waals surface area contributed by atoms with E-state index in [-0.39, 0.29) is 58.2 Å². The molecule has 11 nitrogen and oxygen atoms in total. The average molecular weight is 650 g/mol. The number of nitrogens with one attached hydrogen (secondary N) is 3. The summed E-state index contributed by atoms with van der Waals surface area (Å²) in [5.74, 6) is -2.24. The smallest absolute Gasteiger partial charge is 0.408 e. The molecular weight excluding hydrogens is 602 g/mol. The van der Waals surface area contributed by atoms with E-state index in [4.69, 9.17) is 14.2 Å². The minimum absolute atomic E-state index is 0.00716. The maximum atomic E-state index is 13.4. The van der Waals surface area contributed by atoms with E-state index in [0.29, 0.717) is 12.8 Å². The Morgan fingerprint density at radius 2 is 1.45 bits per heavy atom. The highest BCUT2D eigenvalue weighted by molar-refractivity contribution is 5.86. The lowest BCUT2D eigenvalue weighted by atomic mass is 9.95. The van der Waals surface area contributed by atoms with Crippen LogP contribution >= 0.6 is 0 Å². The van der Waals surface area contributed by atoms with Crippen molar-refractivity contribution >= 4 is 23.9 Å². The van der Waals surface area contributed by atoms with Crippen molar-refractivity contribution in [3.05, 3.63) is 97.1 Å². The van der Waals surface area contributed by atoms with Crippen LogP contribution in [0.4, 0.5) is 4.79 Å². The molecule has 11 heteroatoms. The van der Waals surface area contributed by atoms with Crippen LogP contribution in [0.5, 0.6) is 0 Å². The third-order valence-electron chi connectivity index (χ3n) is 7.92. The molecule has 1 aliphatic rings. The number of allylic oxidation sites excluding steroid dienone is 1. The summed E-state index contributed by atoms with van der Waals surface area (Å²) in [6.07, 6.45) is 5.68. The van der Waals surface area contributed by atoms with E-state index in [1.165, 1.54) is 6.08 Å². The molecule has 2 aromatic carbocycles. The van der Waals surface area contributed by atoms with Crippen LogP contribution in [0.25, 0.3) is 0 Å². The van der Waals surface area contributed by atoms with Gasteiger partial charge in [-0.3, -0.25) is 9.59 Å². The van der Waals surface area contributed by atoms with Crippen molar-refractivity contribution in [1.82, 2.24) is 16.0 Å². The van der Waals surface area contributed by atoms with Gasteiger partial charge in [0.05, 0.1) is 37.3 Å². The van der Waals surface area contributed by atoms with Crippen molar-refractivity contribution in [3.63, 3.8) is 0 Å². The molecule has 0 spiro atoms. The van der Waals surface area contributed by atoms with Crippen LogP contribution in [-0.4, -0.2) is 66.4 Å². The molecule has 1 fully saturated rings. The fourth-order valence-corrected chi connectivity index (χ4v) is 5.34. The second-order valence-electron chi connectivity index (χ2n) is 11.7. The van der Waals surface area contributed by atoms with E-state index in [1.54, 1.807) is 6.08 Å². The lowest BCUT2D eigenvalue weighted by molar-refractivity contribution is -0.148. The van der Waals surface area contributed by atoms with Crippen LogP contribution in [0.2, 0.25) is 0 Å². The second kappa shape index (κ2) is 19.9. The first-order chi connectivity index (χ1) is 22.8. The number of esters is 1. The predicted octanol–water partition coefficient (Wildman–Crippen LogP) is 4.11. The molecule has 0 unspecified atom stereocenters. The fourth-order valence-electron chi connectivity index (χ4n) is 5.34. The number of amides is 3. The molecule has 0 bridgehead atoms. The normalized spacial score (nSPS) is 15.3. The average Bonchev–Trinajstić information content (AvgIpc) is 3.55. The van der Waals surface area contributed by atoms with Gasteiger partial charge in [0.25, 0.3) is 0 Å². The van der Waals surface area contributed by atoms with Gasteiger partial charge in [-0.15, -0.1) is 13.2 Å². The molecule has 4 N–H and O–H groups in total. The minimum Gasteiger partial charge on any atom is -0.462 e. The quantitative estimate of drug-likeness (QED) is 0.124. The molecule has 3 rings (SSSR count). The number of carbonyl (C=O) groups excluding carboxylic acids is 4. The third-order valence-corrected chi connectivity index (χ3v) is 7.92. The van der Waals surface area contributed by atoms with Gasteiger partial charge in [0, 0.05) is 6.42 Å². The van der Waals surface area contributed by atoms with Gasteiger partial charge in [-0.05, 0) is 36.8 Å². The molecule has 0 aromatic heterocycles. The second-order valence-corrected chi connectivity index (χ2v) is 11.7. The summed E-state index contributed by atoms with van der Waals surface area (Å²) in [7, 11) is 0. The summed E-state index contributed by atoms with van der Waals surface area (Å²) in [5, 5.41) is 18.2. The number of rotatable bonds is 20. The predicted molar refractivity (Wildman–Crippen MR) is 177 cm³/mol. The summed E-state index contributed by atoms with van der Waals surface area (Å²) in [4.78, 5) is 51.9.